The fourth-order valence-electron chi connectivity index (χ4n) is 1.98. The van der Waals surface area contributed by atoms with Crippen LogP contribution in [0.5, 0.6) is 0 Å². The molecule has 0 heterocycles. The molecule has 1 saturated carbocycles. The molecule has 0 aliphatic heterocycles. The number of carbonyl (C=O) groups is 1. The molecule has 2 N–H and O–H groups in total. The molecule has 1 fully saturated rings. The first-order valence-electron chi connectivity index (χ1n) is 5.24. The summed E-state index contributed by atoms with van der Waals surface area (Å²) < 4.78 is 0. The third kappa shape index (κ3) is 3.58. The maximum absolute atomic E-state index is 11.4. The van der Waals surface area contributed by atoms with Crippen LogP contribution in [-0.2, 0) is 4.79 Å². The Bertz CT molecular complexity index is 187. The standard InChI is InChI=1S/C10H18BrNO2/c11-6-5-10(14)12-9-4-2-1-3-8(9)7-13/h8-9,13H,1-7H2,(H,12,14). The van der Waals surface area contributed by atoms with Crippen LogP contribution in [0, 0.1) is 5.92 Å². The Labute approximate surface area is 93.4 Å². The molecule has 0 aromatic rings. The van der Waals surface area contributed by atoms with Crippen molar-refractivity contribution in [3.8, 4) is 0 Å². The fourth-order valence-corrected chi connectivity index (χ4v) is 2.34. The van der Waals surface area contributed by atoms with Gasteiger partial charge in [-0.2, -0.15) is 0 Å². The molecule has 0 aromatic carbocycles. The van der Waals surface area contributed by atoms with E-state index in [1.165, 1.54) is 6.42 Å². The average Bonchev–Trinajstić information content (AvgIpc) is 2.19. The van der Waals surface area contributed by atoms with Gasteiger partial charge in [-0.25, -0.2) is 0 Å². The number of hydrogen-bond acceptors (Lipinski definition) is 2. The van der Waals surface area contributed by atoms with Crippen molar-refractivity contribution >= 4 is 21.8 Å². The first kappa shape index (κ1) is 12.0. The maximum atomic E-state index is 11.4. The zero-order chi connectivity index (χ0) is 10.4. The molecular weight excluding hydrogens is 246 g/mol. The van der Waals surface area contributed by atoms with Gasteiger partial charge in [0.1, 0.15) is 0 Å². The van der Waals surface area contributed by atoms with Gasteiger partial charge in [-0.05, 0) is 12.8 Å². The van der Waals surface area contributed by atoms with Crippen molar-refractivity contribution in [3.05, 3.63) is 0 Å². The Kier molecular flexibility index (Phi) is 5.48. The molecule has 14 heavy (non-hydrogen) atoms. The summed E-state index contributed by atoms with van der Waals surface area (Å²) in [6, 6.07) is 0.195. The van der Waals surface area contributed by atoms with E-state index >= 15 is 0 Å². The Hall–Kier alpha value is -0.0900. The van der Waals surface area contributed by atoms with Crippen molar-refractivity contribution in [1.82, 2.24) is 5.32 Å². The molecule has 3 nitrogen and oxygen atoms in total. The minimum Gasteiger partial charge on any atom is -0.396 e. The third-order valence-electron chi connectivity index (χ3n) is 2.81. The zero-order valence-corrected chi connectivity index (χ0v) is 9.92. The largest absolute Gasteiger partial charge is 0.396 e. The van der Waals surface area contributed by atoms with Gasteiger partial charge in [-0.1, -0.05) is 28.8 Å². The summed E-state index contributed by atoms with van der Waals surface area (Å²) in [5.74, 6) is 0.357. The molecule has 1 amide bonds. The smallest absolute Gasteiger partial charge is 0.221 e. The quantitative estimate of drug-likeness (QED) is 0.755. The minimum atomic E-state index is 0.0900. The summed E-state index contributed by atoms with van der Waals surface area (Å²) in [6.45, 7) is 0.194. The molecular formula is C10H18BrNO2. The van der Waals surface area contributed by atoms with Crippen LogP contribution in [0.1, 0.15) is 32.1 Å². The maximum Gasteiger partial charge on any atom is 0.221 e. The number of halogens is 1. The predicted octanol–water partition coefficient (Wildman–Crippen LogP) is 1.44. The first-order valence-corrected chi connectivity index (χ1v) is 6.36. The van der Waals surface area contributed by atoms with Crippen LogP contribution in [0.2, 0.25) is 0 Å². The molecule has 0 radical (unpaired) electrons. The van der Waals surface area contributed by atoms with Crippen molar-refractivity contribution < 1.29 is 9.90 Å². The van der Waals surface area contributed by atoms with E-state index < -0.39 is 0 Å². The molecule has 0 aromatic heterocycles. The number of rotatable bonds is 4. The average molecular weight is 264 g/mol. The van der Waals surface area contributed by atoms with E-state index in [0.29, 0.717) is 11.8 Å². The predicted molar refractivity (Wildman–Crippen MR) is 59.4 cm³/mol. The van der Waals surface area contributed by atoms with E-state index in [1.54, 1.807) is 0 Å². The highest BCUT2D eigenvalue weighted by atomic mass is 79.9. The van der Waals surface area contributed by atoms with Gasteiger partial charge < -0.3 is 10.4 Å². The number of carbonyl (C=O) groups excluding carboxylic acids is 1. The van der Waals surface area contributed by atoms with E-state index in [-0.39, 0.29) is 24.5 Å². The van der Waals surface area contributed by atoms with Crippen LogP contribution in [0.15, 0.2) is 0 Å². The van der Waals surface area contributed by atoms with Gasteiger partial charge in [0.15, 0.2) is 0 Å². The lowest BCUT2D eigenvalue weighted by Gasteiger charge is -2.30. The molecule has 2 atom stereocenters. The van der Waals surface area contributed by atoms with Crippen LogP contribution in [0.4, 0.5) is 0 Å². The van der Waals surface area contributed by atoms with Crippen molar-refractivity contribution in [3.63, 3.8) is 0 Å². The second kappa shape index (κ2) is 6.40. The highest BCUT2D eigenvalue weighted by Crippen LogP contribution is 2.23. The van der Waals surface area contributed by atoms with Gasteiger partial charge in [0.25, 0.3) is 0 Å². The van der Waals surface area contributed by atoms with Gasteiger partial charge in [-0.15, -0.1) is 0 Å². The van der Waals surface area contributed by atoms with Crippen molar-refractivity contribution in [2.75, 3.05) is 11.9 Å². The number of nitrogens with one attached hydrogen (secondary N) is 1. The molecule has 2 unspecified atom stereocenters. The molecule has 4 heteroatoms. The number of hydrogen-bond donors (Lipinski definition) is 2. The van der Waals surface area contributed by atoms with Gasteiger partial charge >= 0.3 is 0 Å². The highest BCUT2D eigenvalue weighted by Gasteiger charge is 2.25. The van der Waals surface area contributed by atoms with E-state index in [9.17, 15) is 4.79 Å². The van der Waals surface area contributed by atoms with Gasteiger partial charge in [0.05, 0.1) is 0 Å². The van der Waals surface area contributed by atoms with Crippen LogP contribution in [0.25, 0.3) is 0 Å². The molecule has 0 saturated heterocycles. The monoisotopic (exact) mass is 263 g/mol. The van der Waals surface area contributed by atoms with Crippen LogP contribution < -0.4 is 5.32 Å². The zero-order valence-electron chi connectivity index (χ0n) is 8.34. The normalized spacial score (nSPS) is 27.3. The lowest BCUT2D eigenvalue weighted by Crippen LogP contribution is -2.43. The summed E-state index contributed by atoms with van der Waals surface area (Å²) >= 11 is 3.24. The number of alkyl halides is 1. The summed E-state index contributed by atoms with van der Waals surface area (Å²) in [6.07, 6.45) is 4.91. The van der Waals surface area contributed by atoms with E-state index in [2.05, 4.69) is 21.2 Å². The highest BCUT2D eigenvalue weighted by molar-refractivity contribution is 9.09. The van der Waals surface area contributed by atoms with Crippen molar-refractivity contribution in [2.24, 2.45) is 5.92 Å². The molecule has 0 spiro atoms. The Balaban J connectivity index is 2.36. The van der Waals surface area contributed by atoms with Crippen LogP contribution in [-0.4, -0.2) is 29.0 Å². The molecule has 1 aliphatic carbocycles. The lowest BCUT2D eigenvalue weighted by molar-refractivity contribution is -0.122. The Morgan fingerprint density at radius 1 is 1.43 bits per heavy atom. The summed E-state index contributed by atoms with van der Waals surface area (Å²) in [4.78, 5) is 11.4. The van der Waals surface area contributed by atoms with Gasteiger partial charge in [-0.3, -0.25) is 4.79 Å². The van der Waals surface area contributed by atoms with Gasteiger partial charge in [0, 0.05) is 30.3 Å². The van der Waals surface area contributed by atoms with Crippen LogP contribution in [0.3, 0.4) is 0 Å². The second-order valence-electron chi connectivity index (χ2n) is 3.84. The van der Waals surface area contributed by atoms with Crippen molar-refractivity contribution in [1.29, 1.82) is 0 Å². The number of aliphatic hydroxyl groups excluding tert-OH is 1. The van der Waals surface area contributed by atoms with Crippen molar-refractivity contribution in [2.45, 2.75) is 38.1 Å². The Morgan fingerprint density at radius 2 is 2.14 bits per heavy atom. The molecule has 1 aliphatic rings. The number of aliphatic hydroxyl groups is 1. The minimum absolute atomic E-state index is 0.0900. The SMILES string of the molecule is O=C(CCBr)NC1CCCCC1CO. The van der Waals surface area contributed by atoms with E-state index in [4.69, 9.17) is 5.11 Å². The lowest BCUT2D eigenvalue weighted by atomic mass is 9.85. The summed E-state index contributed by atoms with van der Waals surface area (Å²) in [5.41, 5.74) is 0. The van der Waals surface area contributed by atoms with Gasteiger partial charge in [0.2, 0.25) is 5.91 Å². The molecule has 0 bridgehead atoms. The number of amides is 1. The Morgan fingerprint density at radius 3 is 2.79 bits per heavy atom. The fraction of sp³-hybridized carbons (Fsp3) is 0.900. The first-order chi connectivity index (χ1) is 6.77. The molecule has 82 valence electrons. The topological polar surface area (TPSA) is 49.3 Å². The van der Waals surface area contributed by atoms with E-state index in [0.717, 1.165) is 19.3 Å². The summed E-state index contributed by atoms with van der Waals surface area (Å²) in [7, 11) is 0. The third-order valence-corrected chi connectivity index (χ3v) is 3.21. The second-order valence-corrected chi connectivity index (χ2v) is 4.63. The molecule has 1 rings (SSSR count). The summed E-state index contributed by atoms with van der Waals surface area (Å²) in [5, 5.41) is 12.8. The van der Waals surface area contributed by atoms with Crippen LogP contribution >= 0.6 is 15.9 Å². The van der Waals surface area contributed by atoms with E-state index in [1.807, 2.05) is 0 Å².